The molecule has 0 aliphatic carbocycles. The highest BCUT2D eigenvalue weighted by atomic mass is 32.2. The number of hydrogen-bond acceptors (Lipinski definition) is 6. The van der Waals surface area contributed by atoms with Crippen LogP contribution in [0.3, 0.4) is 0 Å². The van der Waals surface area contributed by atoms with Crippen LogP contribution in [0.15, 0.2) is 18.2 Å². The number of benzene rings is 1. The van der Waals surface area contributed by atoms with E-state index in [9.17, 15) is 27.7 Å². The fourth-order valence-corrected chi connectivity index (χ4v) is 4.68. The number of hydrogen-bond donors (Lipinski definition) is 0. The molecular formula is C16H21FN2O6S. The lowest BCUT2D eigenvalue weighted by molar-refractivity contribution is -0.385. The van der Waals surface area contributed by atoms with Crippen molar-refractivity contribution in [3.63, 3.8) is 0 Å². The van der Waals surface area contributed by atoms with Gasteiger partial charge >= 0.3 is 5.69 Å². The molecule has 0 radical (unpaired) electrons. The number of amides is 1. The largest absolute Gasteiger partial charge is 0.477 e. The van der Waals surface area contributed by atoms with Gasteiger partial charge in [0.2, 0.25) is 5.75 Å². The second-order valence-corrected chi connectivity index (χ2v) is 8.50. The first-order valence-electron chi connectivity index (χ1n) is 8.23. The minimum atomic E-state index is -3.18. The molecule has 1 aromatic carbocycles. The average molecular weight is 388 g/mol. The van der Waals surface area contributed by atoms with E-state index in [1.807, 2.05) is 6.92 Å². The maximum atomic E-state index is 13.3. The van der Waals surface area contributed by atoms with Gasteiger partial charge in [-0.05, 0) is 25.8 Å². The number of carbonyl (C=O) groups excluding carboxylic acids is 1. The van der Waals surface area contributed by atoms with Crippen LogP contribution in [-0.4, -0.2) is 54.3 Å². The van der Waals surface area contributed by atoms with Crippen LogP contribution in [0.2, 0.25) is 0 Å². The Hall–Kier alpha value is -2.23. The number of carbonyl (C=O) groups is 1. The van der Waals surface area contributed by atoms with E-state index >= 15 is 0 Å². The van der Waals surface area contributed by atoms with Crippen LogP contribution in [0.1, 0.15) is 26.7 Å². The summed E-state index contributed by atoms with van der Waals surface area (Å²) in [7, 11) is -3.18. The second-order valence-electron chi connectivity index (χ2n) is 6.27. The molecule has 1 heterocycles. The van der Waals surface area contributed by atoms with Crippen LogP contribution in [0, 0.1) is 15.9 Å². The molecule has 0 unspecified atom stereocenters. The van der Waals surface area contributed by atoms with E-state index in [1.54, 1.807) is 6.92 Å². The van der Waals surface area contributed by atoms with Gasteiger partial charge in [0.05, 0.1) is 16.4 Å². The SMILES string of the molecule is CC[C@@H](C)N(C(=O)COc1cc(F)ccc1[N+](=O)[O-])[C@H]1CCS(=O)(=O)C1. The highest BCUT2D eigenvalue weighted by Gasteiger charge is 2.36. The molecule has 1 fully saturated rings. The van der Waals surface area contributed by atoms with Crippen molar-refractivity contribution < 1.29 is 27.3 Å². The summed E-state index contributed by atoms with van der Waals surface area (Å²) >= 11 is 0. The molecule has 0 spiro atoms. The summed E-state index contributed by atoms with van der Waals surface area (Å²) in [5, 5.41) is 11.0. The van der Waals surface area contributed by atoms with Crippen molar-refractivity contribution >= 4 is 21.4 Å². The zero-order valence-corrected chi connectivity index (χ0v) is 15.4. The quantitative estimate of drug-likeness (QED) is 0.522. The molecule has 0 saturated carbocycles. The summed E-state index contributed by atoms with van der Waals surface area (Å²) in [6.07, 6.45) is 0.959. The molecule has 2 rings (SSSR count). The summed E-state index contributed by atoms with van der Waals surface area (Å²) in [5.74, 6) is -1.64. The van der Waals surface area contributed by atoms with E-state index < -0.39 is 44.8 Å². The van der Waals surface area contributed by atoms with E-state index in [4.69, 9.17) is 4.74 Å². The number of sulfone groups is 1. The van der Waals surface area contributed by atoms with Crippen molar-refractivity contribution in [2.24, 2.45) is 0 Å². The third-order valence-corrected chi connectivity index (χ3v) is 6.18. The first kappa shape index (κ1) is 20.1. The number of halogens is 1. The molecule has 1 aliphatic rings. The molecule has 10 heteroatoms. The van der Waals surface area contributed by atoms with E-state index in [0.29, 0.717) is 12.8 Å². The van der Waals surface area contributed by atoms with Gasteiger partial charge in [0.25, 0.3) is 5.91 Å². The highest BCUT2D eigenvalue weighted by molar-refractivity contribution is 7.91. The Kier molecular flexibility index (Phi) is 6.17. The third kappa shape index (κ3) is 4.69. The summed E-state index contributed by atoms with van der Waals surface area (Å²) in [5.41, 5.74) is -0.447. The Labute approximate surface area is 151 Å². The predicted molar refractivity (Wildman–Crippen MR) is 92.2 cm³/mol. The van der Waals surface area contributed by atoms with Crippen LogP contribution in [0.5, 0.6) is 5.75 Å². The maximum Gasteiger partial charge on any atom is 0.311 e. The summed E-state index contributed by atoms with van der Waals surface area (Å²) in [4.78, 5) is 24.4. The molecule has 1 saturated heterocycles. The number of rotatable bonds is 7. The zero-order chi connectivity index (χ0) is 19.5. The Morgan fingerprint density at radius 2 is 2.19 bits per heavy atom. The highest BCUT2D eigenvalue weighted by Crippen LogP contribution is 2.28. The lowest BCUT2D eigenvalue weighted by Gasteiger charge is -2.33. The fraction of sp³-hybridized carbons (Fsp3) is 0.562. The molecule has 8 nitrogen and oxygen atoms in total. The second kappa shape index (κ2) is 7.98. The van der Waals surface area contributed by atoms with Gasteiger partial charge in [0.15, 0.2) is 16.4 Å². The Morgan fingerprint density at radius 3 is 2.73 bits per heavy atom. The molecule has 1 aromatic rings. The van der Waals surface area contributed by atoms with Crippen molar-refractivity contribution in [1.29, 1.82) is 0 Å². The van der Waals surface area contributed by atoms with Crippen molar-refractivity contribution in [3.8, 4) is 5.75 Å². The van der Waals surface area contributed by atoms with Gasteiger partial charge in [-0.15, -0.1) is 0 Å². The minimum Gasteiger partial charge on any atom is -0.477 e. The molecule has 1 aliphatic heterocycles. The molecule has 144 valence electrons. The average Bonchev–Trinajstić information content (AvgIpc) is 2.92. The molecule has 0 bridgehead atoms. The van der Waals surface area contributed by atoms with E-state index in [0.717, 1.165) is 18.2 Å². The van der Waals surface area contributed by atoms with Gasteiger partial charge < -0.3 is 9.64 Å². The molecule has 26 heavy (non-hydrogen) atoms. The van der Waals surface area contributed by atoms with Crippen molar-refractivity contribution in [2.45, 2.75) is 38.8 Å². The summed E-state index contributed by atoms with van der Waals surface area (Å²) in [6.45, 7) is 3.13. The number of nitrogens with zero attached hydrogens (tertiary/aromatic N) is 2. The van der Waals surface area contributed by atoms with Gasteiger partial charge in [-0.3, -0.25) is 14.9 Å². The first-order valence-corrected chi connectivity index (χ1v) is 10.0. The molecule has 0 N–H and O–H groups in total. The zero-order valence-electron chi connectivity index (χ0n) is 14.6. The van der Waals surface area contributed by atoms with Crippen LogP contribution in [0.4, 0.5) is 10.1 Å². The third-order valence-electron chi connectivity index (χ3n) is 4.43. The monoisotopic (exact) mass is 388 g/mol. The smallest absolute Gasteiger partial charge is 0.311 e. The Morgan fingerprint density at radius 1 is 1.50 bits per heavy atom. The van der Waals surface area contributed by atoms with Gasteiger partial charge in [0, 0.05) is 24.2 Å². The Balaban J connectivity index is 2.16. The van der Waals surface area contributed by atoms with E-state index in [2.05, 4.69) is 0 Å². The van der Waals surface area contributed by atoms with Crippen molar-refractivity contribution in [2.75, 3.05) is 18.1 Å². The molecule has 0 aromatic heterocycles. The molecule has 2 atom stereocenters. The number of nitro groups is 1. The molecule has 1 amide bonds. The van der Waals surface area contributed by atoms with Crippen molar-refractivity contribution in [1.82, 2.24) is 4.90 Å². The Bertz CT molecular complexity index is 798. The van der Waals surface area contributed by atoms with Crippen LogP contribution < -0.4 is 4.74 Å². The number of nitro benzene ring substituents is 1. The minimum absolute atomic E-state index is 0.0219. The normalized spacial score (nSPS) is 19.7. The standard InChI is InChI=1S/C16H21FN2O6S/c1-3-11(2)18(13-6-7-26(23,24)10-13)16(20)9-25-15-8-12(17)4-5-14(15)19(21)22/h4-5,8,11,13H,3,6-7,9-10H2,1-2H3/t11-,13+/m1/s1. The summed E-state index contributed by atoms with van der Waals surface area (Å²) < 4.78 is 42.0. The maximum absolute atomic E-state index is 13.3. The summed E-state index contributed by atoms with van der Waals surface area (Å²) in [6, 6.07) is 2.08. The van der Waals surface area contributed by atoms with Crippen LogP contribution in [-0.2, 0) is 14.6 Å². The van der Waals surface area contributed by atoms with Gasteiger partial charge in [-0.25, -0.2) is 12.8 Å². The lowest BCUT2D eigenvalue weighted by atomic mass is 10.1. The van der Waals surface area contributed by atoms with Gasteiger partial charge in [0.1, 0.15) is 5.82 Å². The van der Waals surface area contributed by atoms with Crippen LogP contribution in [0.25, 0.3) is 0 Å². The number of ether oxygens (including phenoxy) is 1. The first-order chi connectivity index (χ1) is 12.1. The van der Waals surface area contributed by atoms with Gasteiger partial charge in [-0.2, -0.15) is 0 Å². The fourth-order valence-electron chi connectivity index (χ4n) is 2.97. The van der Waals surface area contributed by atoms with E-state index in [-0.39, 0.29) is 23.3 Å². The van der Waals surface area contributed by atoms with E-state index in [1.165, 1.54) is 4.90 Å². The predicted octanol–water partition coefficient (Wildman–Crippen LogP) is 1.93. The van der Waals surface area contributed by atoms with Crippen molar-refractivity contribution in [3.05, 3.63) is 34.1 Å². The topological polar surface area (TPSA) is 107 Å². The lowest BCUT2D eigenvalue weighted by Crippen LogP contribution is -2.48. The van der Waals surface area contributed by atoms with Gasteiger partial charge in [-0.1, -0.05) is 6.92 Å². The van der Waals surface area contributed by atoms with Crippen LogP contribution >= 0.6 is 0 Å². The molecular weight excluding hydrogens is 367 g/mol.